The molecule has 0 N–H and O–H groups in total. The standard InChI is InChI=1S/C34H31NO2/c1-25(2)34-32(36-23-26-11-5-3-6-12-26)21-28(22-33(34)37-24-27-13-7-4-8-14-27)17-19-30-20-18-29-15-9-10-16-31(29)35-30/h3-22,25H,23-24H2,1-2H3/b19-17+. The van der Waals surface area contributed by atoms with Crippen molar-refractivity contribution < 1.29 is 9.47 Å². The molecular weight excluding hydrogens is 454 g/mol. The fraction of sp³-hybridized carbons (Fsp3) is 0.147. The summed E-state index contributed by atoms with van der Waals surface area (Å²) in [4.78, 5) is 4.78. The van der Waals surface area contributed by atoms with Gasteiger partial charge >= 0.3 is 0 Å². The molecule has 5 aromatic rings. The van der Waals surface area contributed by atoms with E-state index in [-0.39, 0.29) is 5.92 Å². The SMILES string of the molecule is CC(C)c1c(OCc2ccccc2)cc(/C=C/c2ccc3ccccc3n2)cc1OCc1ccccc1. The number of fused-ring (bicyclic) bond motifs is 1. The summed E-state index contributed by atoms with van der Waals surface area (Å²) in [6, 6.07) is 37.0. The van der Waals surface area contributed by atoms with Gasteiger partial charge in [0.2, 0.25) is 0 Å². The summed E-state index contributed by atoms with van der Waals surface area (Å²) in [6.07, 6.45) is 4.12. The van der Waals surface area contributed by atoms with Crippen LogP contribution in [0.1, 0.15) is 47.7 Å². The summed E-state index contributed by atoms with van der Waals surface area (Å²) in [5, 5.41) is 1.13. The van der Waals surface area contributed by atoms with Crippen LogP contribution >= 0.6 is 0 Å². The Labute approximate surface area is 219 Å². The maximum absolute atomic E-state index is 6.40. The Morgan fingerprint density at radius 1 is 0.649 bits per heavy atom. The van der Waals surface area contributed by atoms with Gasteiger partial charge in [-0.15, -0.1) is 0 Å². The Kier molecular flexibility index (Phi) is 7.61. The number of hydrogen-bond acceptors (Lipinski definition) is 3. The number of nitrogens with zero attached hydrogens (tertiary/aromatic N) is 1. The van der Waals surface area contributed by atoms with Crippen molar-refractivity contribution >= 4 is 23.1 Å². The van der Waals surface area contributed by atoms with E-state index in [0.29, 0.717) is 13.2 Å². The predicted molar refractivity (Wildman–Crippen MR) is 153 cm³/mol. The zero-order valence-corrected chi connectivity index (χ0v) is 21.3. The largest absolute Gasteiger partial charge is 0.488 e. The first-order valence-corrected chi connectivity index (χ1v) is 12.7. The molecule has 1 aromatic heterocycles. The van der Waals surface area contributed by atoms with E-state index in [9.17, 15) is 0 Å². The summed E-state index contributed by atoms with van der Waals surface area (Å²) >= 11 is 0. The van der Waals surface area contributed by atoms with Gasteiger partial charge in [0.05, 0.1) is 11.2 Å². The predicted octanol–water partition coefficient (Wildman–Crippen LogP) is 8.69. The fourth-order valence-electron chi connectivity index (χ4n) is 4.35. The van der Waals surface area contributed by atoms with Crippen molar-refractivity contribution in [2.45, 2.75) is 33.0 Å². The van der Waals surface area contributed by atoms with Crippen molar-refractivity contribution in [2.75, 3.05) is 0 Å². The summed E-state index contributed by atoms with van der Waals surface area (Å²) in [5.41, 5.74) is 6.23. The minimum atomic E-state index is 0.233. The average Bonchev–Trinajstić information content (AvgIpc) is 2.94. The van der Waals surface area contributed by atoms with E-state index in [1.54, 1.807) is 0 Å². The number of ether oxygens (including phenoxy) is 2. The van der Waals surface area contributed by atoms with E-state index in [1.807, 2.05) is 66.7 Å². The zero-order chi connectivity index (χ0) is 25.5. The molecule has 0 aliphatic rings. The number of hydrogen-bond donors (Lipinski definition) is 0. The van der Waals surface area contributed by atoms with Crippen LogP contribution in [0.4, 0.5) is 0 Å². The van der Waals surface area contributed by atoms with E-state index < -0.39 is 0 Å². The number of pyridine rings is 1. The lowest BCUT2D eigenvalue weighted by molar-refractivity contribution is 0.282. The third-order valence-electron chi connectivity index (χ3n) is 6.24. The molecule has 184 valence electrons. The Morgan fingerprint density at radius 3 is 1.81 bits per heavy atom. The number of aromatic nitrogens is 1. The summed E-state index contributed by atoms with van der Waals surface area (Å²) < 4.78 is 12.8. The van der Waals surface area contributed by atoms with Gasteiger partial charge in [0.1, 0.15) is 24.7 Å². The Balaban J connectivity index is 1.48. The van der Waals surface area contributed by atoms with Crippen molar-refractivity contribution in [2.24, 2.45) is 0 Å². The van der Waals surface area contributed by atoms with Crippen LogP contribution in [0.2, 0.25) is 0 Å². The molecule has 0 aliphatic heterocycles. The third-order valence-corrected chi connectivity index (χ3v) is 6.24. The topological polar surface area (TPSA) is 31.4 Å². The van der Waals surface area contributed by atoms with Gasteiger partial charge in [-0.3, -0.25) is 0 Å². The van der Waals surface area contributed by atoms with Gasteiger partial charge in [-0.05, 0) is 52.9 Å². The Bertz CT molecular complexity index is 1430. The van der Waals surface area contributed by atoms with Gasteiger partial charge in [0, 0.05) is 10.9 Å². The van der Waals surface area contributed by atoms with Crippen LogP contribution in [0.5, 0.6) is 11.5 Å². The third kappa shape index (κ3) is 6.25. The van der Waals surface area contributed by atoms with E-state index >= 15 is 0 Å². The van der Waals surface area contributed by atoms with Gasteiger partial charge in [-0.2, -0.15) is 0 Å². The highest BCUT2D eigenvalue weighted by Crippen LogP contribution is 2.38. The second kappa shape index (κ2) is 11.6. The fourth-order valence-corrected chi connectivity index (χ4v) is 4.35. The normalized spacial score (nSPS) is 11.3. The lowest BCUT2D eigenvalue weighted by Gasteiger charge is -2.20. The summed E-state index contributed by atoms with van der Waals surface area (Å²) in [5.74, 6) is 1.92. The molecule has 3 nitrogen and oxygen atoms in total. The molecule has 0 atom stereocenters. The maximum atomic E-state index is 6.40. The molecule has 0 amide bonds. The zero-order valence-electron chi connectivity index (χ0n) is 21.3. The Hall–Kier alpha value is -4.37. The molecule has 3 heteroatoms. The first-order chi connectivity index (χ1) is 18.2. The first-order valence-electron chi connectivity index (χ1n) is 12.7. The summed E-state index contributed by atoms with van der Waals surface area (Å²) in [7, 11) is 0. The van der Waals surface area contributed by atoms with Crippen molar-refractivity contribution in [1.29, 1.82) is 0 Å². The molecule has 5 rings (SSSR count). The highest BCUT2D eigenvalue weighted by Gasteiger charge is 2.17. The molecule has 4 aromatic carbocycles. The second-order valence-corrected chi connectivity index (χ2v) is 9.40. The minimum Gasteiger partial charge on any atom is -0.488 e. The molecule has 0 unspecified atom stereocenters. The van der Waals surface area contributed by atoms with Gasteiger partial charge in [0.25, 0.3) is 0 Å². The molecule has 0 fully saturated rings. The van der Waals surface area contributed by atoms with Crippen LogP contribution in [0.15, 0.2) is 109 Å². The average molecular weight is 486 g/mol. The first kappa shape index (κ1) is 24.3. The van der Waals surface area contributed by atoms with E-state index in [0.717, 1.165) is 50.3 Å². The Morgan fingerprint density at radius 2 is 1.22 bits per heavy atom. The lowest BCUT2D eigenvalue weighted by atomic mass is 9.98. The molecule has 0 radical (unpaired) electrons. The van der Waals surface area contributed by atoms with Gasteiger partial charge in [0.15, 0.2) is 0 Å². The highest BCUT2D eigenvalue weighted by molar-refractivity contribution is 5.81. The van der Waals surface area contributed by atoms with Crippen molar-refractivity contribution in [3.8, 4) is 11.5 Å². The van der Waals surface area contributed by atoms with Crippen LogP contribution in [0.25, 0.3) is 23.1 Å². The van der Waals surface area contributed by atoms with Crippen LogP contribution in [-0.4, -0.2) is 4.98 Å². The summed E-state index contributed by atoms with van der Waals surface area (Å²) in [6.45, 7) is 5.35. The maximum Gasteiger partial charge on any atom is 0.127 e. The van der Waals surface area contributed by atoms with Crippen LogP contribution in [-0.2, 0) is 13.2 Å². The monoisotopic (exact) mass is 485 g/mol. The van der Waals surface area contributed by atoms with E-state index in [1.165, 1.54) is 0 Å². The van der Waals surface area contributed by atoms with Crippen LogP contribution in [0, 0.1) is 0 Å². The quantitative estimate of drug-likeness (QED) is 0.209. The van der Waals surface area contributed by atoms with E-state index in [2.05, 4.69) is 68.5 Å². The van der Waals surface area contributed by atoms with Crippen molar-refractivity contribution in [3.63, 3.8) is 0 Å². The minimum absolute atomic E-state index is 0.233. The van der Waals surface area contributed by atoms with Gasteiger partial charge in [-0.25, -0.2) is 4.98 Å². The second-order valence-electron chi connectivity index (χ2n) is 9.40. The molecule has 0 aliphatic carbocycles. The molecule has 0 spiro atoms. The highest BCUT2D eigenvalue weighted by atomic mass is 16.5. The molecule has 0 saturated heterocycles. The number of benzene rings is 4. The molecular formula is C34H31NO2. The van der Waals surface area contributed by atoms with Crippen LogP contribution < -0.4 is 9.47 Å². The van der Waals surface area contributed by atoms with E-state index in [4.69, 9.17) is 14.5 Å². The van der Waals surface area contributed by atoms with Gasteiger partial charge in [-0.1, -0.05) is 105 Å². The van der Waals surface area contributed by atoms with Crippen molar-refractivity contribution in [3.05, 3.63) is 137 Å². The molecule has 1 heterocycles. The van der Waals surface area contributed by atoms with Crippen LogP contribution in [0.3, 0.4) is 0 Å². The molecule has 0 saturated carbocycles. The van der Waals surface area contributed by atoms with Gasteiger partial charge < -0.3 is 9.47 Å². The molecule has 0 bridgehead atoms. The number of para-hydroxylation sites is 1. The number of rotatable bonds is 9. The smallest absolute Gasteiger partial charge is 0.127 e. The molecule has 37 heavy (non-hydrogen) atoms. The lowest BCUT2D eigenvalue weighted by Crippen LogP contribution is -2.05. The van der Waals surface area contributed by atoms with Crippen molar-refractivity contribution in [1.82, 2.24) is 4.98 Å².